The summed E-state index contributed by atoms with van der Waals surface area (Å²) in [5, 5.41) is 0. The lowest BCUT2D eigenvalue weighted by atomic mass is 9.92. The number of benzene rings is 1. The maximum atomic E-state index is 12.9. The summed E-state index contributed by atoms with van der Waals surface area (Å²) in [4.78, 5) is 25.0. The van der Waals surface area contributed by atoms with E-state index >= 15 is 0 Å². The van der Waals surface area contributed by atoms with Crippen LogP contribution in [0.3, 0.4) is 0 Å². The van der Waals surface area contributed by atoms with E-state index in [1.807, 2.05) is 51.1 Å². The van der Waals surface area contributed by atoms with E-state index in [-0.39, 0.29) is 23.0 Å². The first-order valence-corrected chi connectivity index (χ1v) is 7.73. The van der Waals surface area contributed by atoms with E-state index in [0.29, 0.717) is 6.42 Å². The van der Waals surface area contributed by atoms with Gasteiger partial charge in [0.2, 0.25) is 0 Å². The number of primary amides is 1. The minimum Gasteiger partial charge on any atom is -0.364 e. The Bertz CT molecular complexity index is 565. The predicted octanol–water partition coefficient (Wildman–Crippen LogP) is 1.48. The van der Waals surface area contributed by atoms with Crippen molar-refractivity contribution in [1.29, 1.82) is 0 Å². The Labute approximate surface area is 131 Å². The van der Waals surface area contributed by atoms with Gasteiger partial charge in [-0.2, -0.15) is 0 Å². The number of quaternary nitrogens is 1. The van der Waals surface area contributed by atoms with Crippen LogP contribution in [0.1, 0.15) is 45.2 Å². The Hall–Kier alpha value is -1.72. The van der Waals surface area contributed by atoms with E-state index in [9.17, 15) is 9.59 Å². The van der Waals surface area contributed by atoms with E-state index in [1.165, 1.54) is 0 Å². The first-order chi connectivity index (χ1) is 10.3. The van der Waals surface area contributed by atoms with Crippen molar-refractivity contribution in [3.8, 4) is 0 Å². The molecule has 2 rings (SSSR count). The van der Waals surface area contributed by atoms with E-state index in [1.54, 1.807) is 0 Å². The van der Waals surface area contributed by atoms with E-state index < -0.39 is 17.5 Å². The third kappa shape index (κ3) is 2.34. The number of hydrogen-bond donors (Lipinski definition) is 2. The smallest absolute Gasteiger partial charge is 0.328 e. The fourth-order valence-corrected chi connectivity index (χ4v) is 4.17. The summed E-state index contributed by atoms with van der Waals surface area (Å²) in [5.74, 6) is -0.544. The van der Waals surface area contributed by atoms with Gasteiger partial charge in [-0.25, -0.2) is 9.28 Å². The molecule has 3 atom stereocenters. The number of carbonyl (C=O) groups is 2. The molecule has 0 aromatic heterocycles. The normalized spacial score (nSPS) is 28.5. The monoisotopic (exact) mass is 304 g/mol. The van der Waals surface area contributed by atoms with Crippen LogP contribution in [0.4, 0.5) is 0 Å². The van der Waals surface area contributed by atoms with Crippen molar-refractivity contribution in [2.24, 2.45) is 11.5 Å². The van der Waals surface area contributed by atoms with Gasteiger partial charge in [0.1, 0.15) is 12.6 Å². The summed E-state index contributed by atoms with van der Waals surface area (Å²) in [6, 6.07) is 9.26. The summed E-state index contributed by atoms with van der Waals surface area (Å²) in [6.45, 7) is 5.86. The molecule has 22 heavy (non-hydrogen) atoms. The van der Waals surface area contributed by atoms with Gasteiger partial charge in [-0.15, -0.1) is 0 Å². The molecule has 4 N–H and O–H groups in total. The van der Waals surface area contributed by atoms with E-state index in [2.05, 4.69) is 0 Å². The molecule has 0 aliphatic carbocycles. The minimum absolute atomic E-state index is 0.0167. The van der Waals surface area contributed by atoms with Gasteiger partial charge in [0.05, 0.1) is 5.54 Å². The van der Waals surface area contributed by atoms with Gasteiger partial charge in [-0.3, -0.25) is 4.79 Å². The first kappa shape index (κ1) is 16.6. The van der Waals surface area contributed by atoms with Crippen molar-refractivity contribution < 1.29 is 14.1 Å². The molecule has 3 unspecified atom stereocenters. The first-order valence-electron chi connectivity index (χ1n) is 7.73. The molecule has 0 bridgehead atoms. The lowest BCUT2D eigenvalue weighted by Crippen LogP contribution is -2.70. The number of nitrogens with zero attached hydrogens (tertiary/aromatic N) is 1. The van der Waals surface area contributed by atoms with Crippen molar-refractivity contribution >= 4 is 11.8 Å². The number of amides is 2. The van der Waals surface area contributed by atoms with Crippen molar-refractivity contribution in [1.82, 2.24) is 0 Å². The number of nitrogens with two attached hydrogens (primary N) is 2. The molecule has 0 radical (unpaired) electrons. The molecule has 0 spiro atoms. The minimum atomic E-state index is -0.527. The van der Waals surface area contributed by atoms with Crippen LogP contribution in [0.2, 0.25) is 0 Å². The van der Waals surface area contributed by atoms with Gasteiger partial charge in [0.15, 0.2) is 6.04 Å². The van der Waals surface area contributed by atoms with Crippen LogP contribution in [0.5, 0.6) is 0 Å². The Morgan fingerprint density at radius 3 is 2.23 bits per heavy atom. The van der Waals surface area contributed by atoms with Crippen LogP contribution in [0.15, 0.2) is 30.3 Å². The van der Waals surface area contributed by atoms with Gasteiger partial charge >= 0.3 is 5.91 Å². The molecule has 1 saturated heterocycles. The van der Waals surface area contributed by atoms with E-state index in [4.69, 9.17) is 11.5 Å². The molecule has 1 aliphatic rings. The van der Waals surface area contributed by atoms with Gasteiger partial charge in [0, 0.05) is 18.4 Å². The lowest BCUT2D eigenvalue weighted by Gasteiger charge is -2.50. The molecule has 5 nitrogen and oxygen atoms in total. The van der Waals surface area contributed by atoms with Crippen molar-refractivity contribution in [3.05, 3.63) is 35.9 Å². The highest BCUT2D eigenvalue weighted by molar-refractivity contribution is 5.83. The van der Waals surface area contributed by atoms with Crippen LogP contribution < -0.4 is 11.5 Å². The molecule has 5 heteroatoms. The van der Waals surface area contributed by atoms with Gasteiger partial charge < -0.3 is 11.5 Å². The zero-order chi connectivity index (χ0) is 16.5. The summed E-state index contributed by atoms with van der Waals surface area (Å²) >= 11 is 0. The number of hydrogen-bond acceptors (Lipinski definition) is 3. The second kappa shape index (κ2) is 5.82. The summed E-state index contributed by atoms with van der Waals surface area (Å²) in [7, 11) is 0. The summed E-state index contributed by atoms with van der Waals surface area (Å²) in [6.07, 6.45) is 1.36. The third-order valence-electron chi connectivity index (χ3n) is 4.91. The second-order valence-corrected chi connectivity index (χ2v) is 6.97. The average molecular weight is 304 g/mol. The van der Waals surface area contributed by atoms with Crippen LogP contribution in [0.25, 0.3) is 0 Å². The largest absolute Gasteiger partial charge is 0.364 e. The molecule has 120 valence electrons. The zero-order valence-electron chi connectivity index (χ0n) is 13.6. The Kier molecular flexibility index (Phi) is 4.40. The Morgan fingerprint density at radius 1 is 1.18 bits per heavy atom. The SMILES string of the molecule is CC(C)(C)[N+]1(C(=O)CN)C(C(N)=O)CCC1c1ccccc1. The van der Waals surface area contributed by atoms with Gasteiger partial charge in [-0.1, -0.05) is 30.3 Å². The van der Waals surface area contributed by atoms with E-state index in [0.717, 1.165) is 12.0 Å². The van der Waals surface area contributed by atoms with Crippen LogP contribution in [-0.2, 0) is 9.59 Å². The van der Waals surface area contributed by atoms with Gasteiger partial charge in [0.25, 0.3) is 5.91 Å². The molecule has 1 aromatic rings. The lowest BCUT2D eigenvalue weighted by molar-refractivity contribution is -0.930. The van der Waals surface area contributed by atoms with Crippen LogP contribution >= 0.6 is 0 Å². The van der Waals surface area contributed by atoms with Crippen molar-refractivity contribution in [3.63, 3.8) is 0 Å². The van der Waals surface area contributed by atoms with Crippen molar-refractivity contribution in [2.75, 3.05) is 6.54 Å². The molecular formula is C17H26N3O2+. The number of rotatable bonds is 3. The molecule has 2 amide bonds. The van der Waals surface area contributed by atoms with Crippen LogP contribution in [-0.4, -0.2) is 34.4 Å². The van der Waals surface area contributed by atoms with Crippen molar-refractivity contribution in [2.45, 2.75) is 51.2 Å². The molecule has 1 aromatic carbocycles. The number of likely N-dealkylation sites (tertiary alicyclic amines) is 1. The Morgan fingerprint density at radius 2 is 1.77 bits per heavy atom. The standard InChI is InChI=1S/C17H25N3O2/c1-17(2,3)20(15(21)11-18)13(9-10-14(20)16(19)22)12-7-5-4-6-8-12/h4-8,13-14H,9-11,18H2,1-3H3,(H-,19,22)/p+1. The second-order valence-electron chi connectivity index (χ2n) is 6.97. The zero-order valence-corrected chi connectivity index (χ0v) is 13.6. The van der Waals surface area contributed by atoms with Crippen LogP contribution in [0, 0.1) is 0 Å². The predicted molar refractivity (Wildman–Crippen MR) is 85.5 cm³/mol. The molecule has 1 aliphatic heterocycles. The fourth-order valence-electron chi connectivity index (χ4n) is 4.17. The molecular weight excluding hydrogens is 278 g/mol. The maximum Gasteiger partial charge on any atom is 0.328 e. The molecule has 1 heterocycles. The number of carbonyl (C=O) groups excluding carboxylic acids is 2. The van der Waals surface area contributed by atoms with Gasteiger partial charge in [-0.05, 0) is 20.8 Å². The molecule has 0 saturated carbocycles. The maximum absolute atomic E-state index is 12.9. The summed E-state index contributed by atoms with van der Waals surface area (Å²) < 4.78 is 0.0167. The topological polar surface area (TPSA) is 86.2 Å². The average Bonchev–Trinajstić information content (AvgIpc) is 2.88. The Balaban J connectivity index is 2.68. The third-order valence-corrected chi connectivity index (χ3v) is 4.91. The molecule has 1 fully saturated rings. The highest BCUT2D eigenvalue weighted by Gasteiger charge is 2.62. The summed E-state index contributed by atoms with van der Waals surface area (Å²) in [5.41, 5.74) is 12.0. The highest BCUT2D eigenvalue weighted by atomic mass is 16.2. The fraction of sp³-hybridized carbons (Fsp3) is 0.529. The highest BCUT2D eigenvalue weighted by Crippen LogP contribution is 2.49. The quantitative estimate of drug-likeness (QED) is 0.829.